The van der Waals surface area contributed by atoms with Crippen molar-refractivity contribution in [2.24, 2.45) is 5.92 Å². The van der Waals surface area contributed by atoms with Crippen LogP contribution in [-0.4, -0.2) is 85.0 Å². The van der Waals surface area contributed by atoms with E-state index in [2.05, 4.69) is 4.90 Å². The van der Waals surface area contributed by atoms with Crippen LogP contribution >= 0.6 is 0 Å². The SMILES string of the molecule is CC(=O)N1CCC(N2CC[C@H]3COCC(=O)N(C)[C@H]3C2)CC1. The van der Waals surface area contributed by atoms with Gasteiger partial charge in [-0.3, -0.25) is 14.5 Å². The lowest BCUT2D eigenvalue weighted by molar-refractivity contribution is -0.135. The van der Waals surface area contributed by atoms with E-state index < -0.39 is 0 Å². The lowest BCUT2D eigenvalue weighted by Crippen LogP contribution is -2.57. The minimum Gasteiger partial charge on any atom is -0.371 e. The van der Waals surface area contributed by atoms with Gasteiger partial charge in [-0.15, -0.1) is 0 Å². The number of likely N-dealkylation sites (N-methyl/N-ethyl adjacent to an activating group) is 1. The van der Waals surface area contributed by atoms with Crippen LogP contribution in [0.3, 0.4) is 0 Å². The van der Waals surface area contributed by atoms with E-state index >= 15 is 0 Å². The van der Waals surface area contributed by atoms with Crippen molar-refractivity contribution >= 4 is 11.8 Å². The molecule has 0 aromatic heterocycles. The average Bonchev–Trinajstić information content (AvgIpc) is 2.67. The Morgan fingerprint density at radius 3 is 2.59 bits per heavy atom. The van der Waals surface area contributed by atoms with Crippen molar-refractivity contribution < 1.29 is 14.3 Å². The number of amides is 2. The zero-order chi connectivity index (χ0) is 15.7. The van der Waals surface area contributed by atoms with Crippen LogP contribution in [0.25, 0.3) is 0 Å². The number of fused-ring (bicyclic) bond motifs is 1. The maximum absolute atomic E-state index is 12.0. The normalized spacial score (nSPS) is 31.8. The number of rotatable bonds is 1. The van der Waals surface area contributed by atoms with Gasteiger partial charge < -0.3 is 14.5 Å². The van der Waals surface area contributed by atoms with Crippen molar-refractivity contribution in [3.63, 3.8) is 0 Å². The van der Waals surface area contributed by atoms with E-state index in [9.17, 15) is 9.59 Å². The first kappa shape index (κ1) is 15.7. The van der Waals surface area contributed by atoms with Crippen molar-refractivity contribution in [3.05, 3.63) is 0 Å². The van der Waals surface area contributed by atoms with Crippen LogP contribution in [0.5, 0.6) is 0 Å². The van der Waals surface area contributed by atoms with E-state index in [1.807, 2.05) is 16.8 Å². The fraction of sp³-hybridized carbons (Fsp3) is 0.875. The van der Waals surface area contributed by atoms with Crippen molar-refractivity contribution in [3.8, 4) is 0 Å². The van der Waals surface area contributed by atoms with Crippen LogP contribution in [0.1, 0.15) is 26.2 Å². The summed E-state index contributed by atoms with van der Waals surface area (Å²) in [5.41, 5.74) is 0. The summed E-state index contributed by atoms with van der Waals surface area (Å²) in [6, 6.07) is 0.818. The quantitative estimate of drug-likeness (QED) is 0.693. The standard InChI is InChI=1S/C16H27N3O3/c1-12(20)18-7-4-14(5-8-18)19-6-3-13-10-22-11-16(21)17(2)15(13)9-19/h13-15H,3-11H2,1-2H3/t13-,15-/m0/s1. The molecule has 6 heteroatoms. The second kappa shape index (κ2) is 6.54. The number of likely N-dealkylation sites (tertiary alicyclic amines) is 2. The van der Waals surface area contributed by atoms with Gasteiger partial charge in [0.1, 0.15) is 6.61 Å². The fourth-order valence-electron chi connectivity index (χ4n) is 4.10. The van der Waals surface area contributed by atoms with E-state index in [-0.39, 0.29) is 24.5 Å². The van der Waals surface area contributed by atoms with Gasteiger partial charge in [0.2, 0.25) is 11.8 Å². The first-order valence-electron chi connectivity index (χ1n) is 8.39. The highest BCUT2D eigenvalue weighted by atomic mass is 16.5. The van der Waals surface area contributed by atoms with E-state index in [0.29, 0.717) is 18.6 Å². The van der Waals surface area contributed by atoms with Gasteiger partial charge in [-0.2, -0.15) is 0 Å². The summed E-state index contributed by atoms with van der Waals surface area (Å²) >= 11 is 0. The maximum atomic E-state index is 12.0. The van der Waals surface area contributed by atoms with Crippen LogP contribution in [0.2, 0.25) is 0 Å². The van der Waals surface area contributed by atoms with E-state index in [1.165, 1.54) is 0 Å². The lowest BCUT2D eigenvalue weighted by atomic mass is 9.89. The number of hydrogen-bond acceptors (Lipinski definition) is 4. The van der Waals surface area contributed by atoms with Gasteiger partial charge in [-0.1, -0.05) is 0 Å². The lowest BCUT2D eigenvalue weighted by Gasteiger charge is -2.46. The maximum Gasteiger partial charge on any atom is 0.248 e. The summed E-state index contributed by atoms with van der Waals surface area (Å²) in [5, 5.41) is 0. The minimum absolute atomic E-state index is 0.0979. The van der Waals surface area contributed by atoms with Crippen LogP contribution in [0, 0.1) is 5.92 Å². The highest BCUT2D eigenvalue weighted by molar-refractivity contribution is 5.77. The third-order valence-corrected chi connectivity index (χ3v) is 5.63. The van der Waals surface area contributed by atoms with Gasteiger partial charge in [0.05, 0.1) is 6.61 Å². The predicted molar refractivity (Wildman–Crippen MR) is 82.3 cm³/mol. The number of carbonyl (C=O) groups excluding carboxylic acids is 2. The second-order valence-electron chi connectivity index (χ2n) is 6.87. The molecule has 0 spiro atoms. The topological polar surface area (TPSA) is 53.1 Å². The summed E-state index contributed by atoms with van der Waals surface area (Å²) in [6.07, 6.45) is 3.19. The van der Waals surface area contributed by atoms with E-state index in [0.717, 1.165) is 45.4 Å². The average molecular weight is 309 g/mol. The Morgan fingerprint density at radius 2 is 1.91 bits per heavy atom. The molecule has 3 rings (SSSR count). The zero-order valence-corrected chi connectivity index (χ0v) is 13.7. The largest absolute Gasteiger partial charge is 0.371 e. The molecule has 2 amide bonds. The molecule has 3 aliphatic rings. The molecule has 0 radical (unpaired) electrons. The number of carbonyl (C=O) groups is 2. The predicted octanol–water partition coefficient (Wildman–Crippen LogP) is 0.176. The second-order valence-corrected chi connectivity index (χ2v) is 6.87. The first-order chi connectivity index (χ1) is 10.6. The number of piperidine rings is 2. The molecule has 0 aromatic carbocycles. The summed E-state index contributed by atoms with van der Waals surface area (Å²) in [7, 11) is 1.91. The third-order valence-electron chi connectivity index (χ3n) is 5.63. The molecule has 0 unspecified atom stereocenters. The zero-order valence-electron chi connectivity index (χ0n) is 13.7. The molecular weight excluding hydrogens is 282 g/mol. The Kier molecular flexibility index (Phi) is 4.68. The Hall–Kier alpha value is -1.14. The van der Waals surface area contributed by atoms with Gasteiger partial charge >= 0.3 is 0 Å². The number of hydrogen-bond donors (Lipinski definition) is 0. The molecular formula is C16H27N3O3. The van der Waals surface area contributed by atoms with Gasteiger partial charge in [0.25, 0.3) is 0 Å². The van der Waals surface area contributed by atoms with Crippen molar-refractivity contribution in [2.75, 3.05) is 46.4 Å². The van der Waals surface area contributed by atoms with Crippen LogP contribution < -0.4 is 0 Å². The minimum atomic E-state index is 0.0979. The van der Waals surface area contributed by atoms with Crippen LogP contribution in [0.15, 0.2) is 0 Å². The molecule has 3 heterocycles. The molecule has 0 bridgehead atoms. The van der Waals surface area contributed by atoms with Gasteiger partial charge in [-0.25, -0.2) is 0 Å². The number of ether oxygens (including phenoxy) is 1. The molecule has 0 saturated carbocycles. The van der Waals surface area contributed by atoms with E-state index in [4.69, 9.17) is 4.74 Å². The monoisotopic (exact) mass is 309 g/mol. The smallest absolute Gasteiger partial charge is 0.248 e. The molecule has 6 nitrogen and oxygen atoms in total. The van der Waals surface area contributed by atoms with Gasteiger partial charge in [0, 0.05) is 51.6 Å². The molecule has 0 aromatic rings. The van der Waals surface area contributed by atoms with Crippen molar-refractivity contribution in [1.82, 2.24) is 14.7 Å². The van der Waals surface area contributed by atoms with Crippen molar-refractivity contribution in [2.45, 2.75) is 38.3 Å². The van der Waals surface area contributed by atoms with Gasteiger partial charge in [0.15, 0.2) is 0 Å². The Bertz CT molecular complexity index is 434. The van der Waals surface area contributed by atoms with Crippen LogP contribution in [-0.2, 0) is 14.3 Å². The third kappa shape index (κ3) is 3.13. The van der Waals surface area contributed by atoms with E-state index in [1.54, 1.807) is 6.92 Å². The van der Waals surface area contributed by atoms with Crippen molar-refractivity contribution in [1.29, 1.82) is 0 Å². The summed E-state index contributed by atoms with van der Waals surface area (Å²) in [4.78, 5) is 29.8. The fourth-order valence-corrected chi connectivity index (χ4v) is 4.10. The molecule has 2 atom stereocenters. The first-order valence-corrected chi connectivity index (χ1v) is 8.39. The molecule has 3 aliphatic heterocycles. The Balaban J connectivity index is 1.60. The Labute approximate surface area is 132 Å². The molecule has 3 saturated heterocycles. The molecule has 22 heavy (non-hydrogen) atoms. The molecule has 124 valence electrons. The summed E-state index contributed by atoms with van der Waals surface area (Å²) < 4.78 is 5.51. The van der Waals surface area contributed by atoms with Crippen LogP contribution in [0.4, 0.5) is 0 Å². The molecule has 0 N–H and O–H groups in total. The highest BCUT2D eigenvalue weighted by Gasteiger charge is 2.38. The van der Waals surface area contributed by atoms with Gasteiger partial charge in [-0.05, 0) is 25.8 Å². The molecule has 0 aliphatic carbocycles. The summed E-state index contributed by atoms with van der Waals surface area (Å²) in [6.45, 7) is 6.33. The summed E-state index contributed by atoms with van der Waals surface area (Å²) in [5.74, 6) is 0.745. The molecule has 3 fully saturated rings. The number of nitrogens with zero attached hydrogens (tertiary/aromatic N) is 3. The Morgan fingerprint density at radius 1 is 1.18 bits per heavy atom. The highest BCUT2D eigenvalue weighted by Crippen LogP contribution is 2.28.